The summed E-state index contributed by atoms with van der Waals surface area (Å²) in [4.78, 5) is 17.7. The second kappa shape index (κ2) is 9.48. The van der Waals surface area contributed by atoms with Crippen molar-refractivity contribution in [3.63, 3.8) is 0 Å². The van der Waals surface area contributed by atoms with Crippen LogP contribution in [0.2, 0.25) is 5.15 Å². The molecular formula is C23H26ClN7O. The fourth-order valence-electron chi connectivity index (χ4n) is 3.83. The molecule has 8 nitrogen and oxygen atoms in total. The van der Waals surface area contributed by atoms with Gasteiger partial charge in [-0.3, -0.25) is 14.1 Å². The van der Waals surface area contributed by atoms with Gasteiger partial charge in [-0.1, -0.05) is 69.1 Å². The molecule has 0 bridgehead atoms. The van der Waals surface area contributed by atoms with E-state index in [1.54, 1.807) is 9.13 Å². The third-order valence-corrected chi connectivity index (χ3v) is 5.70. The lowest BCUT2D eigenvalue weighted by Crippen LogP contribution is -2.27. The van der Waals surface area contributed by atoms with Crippen LogP contribution in [0.1, 0.15) is 38.6 Å². The molecule has 0 saturated heterocycles. The van der Waals surface area contributed by atoms with Gasteiger partial charge < -0.3 is 0 Å². The van der Waals surface area contributed by atoms with Gasteiger partial charge in [0.2, 0.25) is 0 Å². The number of H-pyrrole nitrogens is 1. The van der Waals surface area contributed by atoms with Gasteiger partial charge in [-0.05, 0) is 34.4 Å². The Morgan fingerprint density at radius 3 is 2.50 bits per heavy atom. The summed E-state index contributed by atoms with van der Waals surface area (Å²) in [6, 6.07) is 11.8. The Morgan fingerprint density at radius 1 is 1.09 bits per heavy atom. The first-order valence-electron chi connectivity index (χ1n) is 10.8. The Labute approximate surface area is 191 Å². The van der Waals surface area contributed by atoms with Crippen molar-refractivity contribution in [1.29, 1.82) is 0 Å². The summed E-state index contributed by atoms with van der Waals surface area (Å²) in [7, 11) is 0. The molecule has 0 fully saturated rings. The minimum atomic E-state index is -0.0822. The van der Waals surface area contributed by atoms with E-state index in [9.17, 15) is 4.79 Å². The number of halogens is 1. The van der Waals surface area contributed by atoms with Crippen molar-refractivity contribution in [2.75, 3.05) is 0 Å². The van der Waals surface area contributed by atoms with Crippen molar-refractivity contribution in [2.45, 2.75) is 46.7 Å². The summed E-state index contributed by atoms with van der Waals surface area (Å²) < 4.78 is 3.43. The van der Waals surface area contributed by atoms with Crippen LogP contribution in [0.25, 0.3) is 22.5 Å². The first-order chi connectivity index (χ1) is 15.5. The van der Waals surface area contributed by atoms with Gasteiger partial charge in [0.05, 0.1) is 17.9 Å². The summed E-state index contributed by atoms with van der Waals surface area (Å²) in [5.41, 5.74) is 4.39. The summed E-state index contributed by atoms with van der Waals surface area (Å²) in [5, 5.41) is 14.7. The largest absolute Gasteiger partial charge is 0.329 e. The number of rotatable bonds is 8. The SMILES string of the molecule is CCCc1c(Cl)n(CC(C)C)c(=O)n1Cc1ccc(-c2ccccc2-c2nnn[nH]2)cn1. The van der Waals surface area contributed by atoms with Crippen LogP contribution in [0.15, 0.2) is 47.4 Å². The van der Waals surface area contributed by atoms with Crippen molar-refractivity contribution in [1.82, 2.24) is 34.7 Å². The van der Waals surface area contributed by atoms with Crippen molar-refractivity contribution < 1.29 is 0 Å². The van der Waals surface area contributed by atoms with Crippen molar-refractivity contribution in [2.24, 2.45) is 5.92 Å². The number of tetrazole rings is 1. The topological polar surface area (TPSA) is 94.3 Å². The van der Waals surface area contributed by atoms with E-state index in [1.807, 2.05) is 42.6 Å². The summed E-state index contributed by atoms with van der Waals surface area (Å²) in [5.74, 6) is 0.925. The van der Waals surface area contributed by atoms with Gasteiger partial charge in [-0.2, -0.15) is 0 Å². The van der Waals surface area contributed by atoms with Crippen LogP contribution in [0.3, 0.4) is 0 Å². The lowest BCUT2D eigenvalue weighted by molar-refractivity contribution is 0.503. The predicted molar refractivity (Wildman–Crippen MR) is 124 cm³/mol. The van der Waals surface area contributed by atoms with E-state index in [-0.39, 0.29) is 5.69 Å². The molecular weight excluding hydrogens is 426 g/mol. The lowest BCUT2D eigenvalue weighted by Gasteiger charge is -2.09. The molecule has 0 aliphatic carbocycles. The van der Waals surface area contributed by atoms with Gasteiger partial charge in [0.25, 0.3) is 0 Å². The second-order valence-corrected chi connectivity index (χ2v) is 8.55. The predicted octanol–water partition coefficient (Wildman–Crippen LogP) is 4.20. The molecule has 0 radical (unpaired) electrons. The van der Waals surface area contributed by atoms with Crippen LogP contribution in [0, 0.1) is 5.92 Å². The molecule has 4 rings (SSSR count). The number of nitrogens with zero attached hydrogens (tertiary/aromatic N) is 6. The van der Waals surface area contributed by atoms with Crippen molar-refractivity contribution in [3.8, 4) is 22.5 Å². The van der Waals surface area contributed by atoms with E-state index in [2.05, 4.69) is 46.4 Å². The van der Waals surface area contributed by atoms with Gasteiger partial charge in [-0.15, -0.1) is 5.10 Å². The van der Waals surface area contributed by atoms with E-state index in [0.717, 1.165) is 40.9 Å². The molecule has 0 amide bonds. The number of hydrogen-bond acceptors (Lipinski definition) is 5. The molecule has 9 heteroatoms. The smallest absolute Gasteiger partial charge is 0.289 e. The highest BCUT2D eigenvalue weighted by molar-refractivity contribution is 6.30. The number of hydrogen-bond donors (Lipinski definition) is 1. The monoisotopic (exact) mass is 451 g/mol. The number of aromatic nitrogens is 7. The van der Waals surface area contributed by atoms with Crippen molar-refractivity contribution >= 4 is 11.6 Å². The van der Waals surface area contributed by atoms with E-state index in [0.29, 0.717) is 30.0 Å². The average molecular weight is 452 g/mol. The molecule has 0 aliphatic heterocycles. The van der Waals surface area contributed by atoms with E-state index in [1.165, 1.54) is 0 Å². The van der Waals surface area contributed by atoms with E-state index < -0.39 is 0 Å². The number of nitrogens with one attached hydrogen (secondary N) is 1. The second-order valence-electron chi connectivity index (χ2n) is 8.19. The normalized spacial score (nSPS) is 11.4. The maximum atomic E-state index is 13.1. The third-order valence-electron chi connectivity index (χ3n) is 5.28. The minimum absolute atomic E-state index is 0.0822. The fourth-order valence-corrected chi connectivity index (χ4v) is 4.17. The third kappa shape index (κ3) is 4.36. The first-order valence-corrected chi connectivity index (χ1v) is 11.1. The Balaban J connectivity index is 1.66. The highest BCUT2D eigenvalue weighted by Crippen LogP contribution is 2.29. The van der Waals surface area contributed by atoms with Gasteiger partial charge >= 0.3 is 5.69 Å². The minimum Gasteiger partial charge on any atom is -0.289 e. The number of pyridine rings is 1. The maximum Gasteiger partial charge on any atom is 0.329 e. The van der Waals surface area contributed by atoms with Crippen LogP contribution < -0.4 is 5.69 Å². The van der Waals surface area contributed by atoms with Crippen LogP contribution in [0.4, 0.5) is 0 Å². The van der Waals surface area contributed by atoms with E-state index in [4.69, 9.17) is 11.6 Å². The lowest BCUT2D eigenvalue weighted by atomic mass is 10.0. The van der Waals surface area contributed by atoms with Crippen LogP contribution >= 0.6 is 11.6 Å². The highest BCUT2D eigenvalue weighted by Gasteiger charge is 2.19. The first kappa shape index (κ1) is 22.0. The van der Waals surface area contributed by atoms with Crippen LogP contribution in [0.5, 0.6) is 0 Å². The van der Waals surface area contributed by atoms with Gasteiger partial charge in [0, 0.05) is 23.9 Å². The molecule has 4 aromatic rings. The molecule has 1 aromatic carbocycles. The van der Waals surface area contributed by atoms with E-state index >= 15 is 0 Å². The van der Waals surface area contributed by atoms with Crippen LogP contribution in [-0.4, -0.2) is 34.7 Å². The Kier molecular flexibility index (Phi) is 6.50. The van der Waals surface area contributed by atoms with Crippen LogP contribution in [-0.2, 0) is 19.5 Å². The summed E-state index contributed by atoms with van der Waals surface area (Å²) >= 11 is 6.60. The van der Waals surface area contributed by atoms with Gasteiger partial charge in [0.1, 0.15) is 5.15 Å². The standard InChI is InChI=1S/C23H26ClN7O/c1-4-7-20-21(24)31(13-15(2)3)23(32)30(20)14-17-11-10-16(12-25-17)18-8-5-6-9-19(18)22-26-28-29-27-22/h5-6,8-12,15H,4,7,13-14H2,1-3H3,(H,26,27,28,29). The average Bonchev–Trinajstić information content (AvgIpc) is 3.40. The van der Waals surface area contributed by atoms with Gasteiger partial charge in [-0.25, -0.2) is 9.89 Å². The molecule has 3 aromatic heterocycles. The molecule has 1 N–H and O–H groups in total. The summed E-state index contributed by atoms with van der Waals surface area (Å²) in [6.07, 6.45) is 3.47. The molecule has 0 saturated carbocycles. The molecule has 0 spiro atoms. The zero-order valence-corrected chi connectivity index (χ0v) is 19.2. The number of aromatic amines is 1. The Morgan fingerprint density at radius 2 is 1.88 bits per heavy atom. The highest BCUT2D eigenvalue weighted by atomic mass is 35.5. The quantitative estimate of drug-likeness (QED) is 0.433. The summed E-state index contributed by atoms with van der Waals surface area (Å²) in [6.45, 7) is 7.21. The number of benzene rings is 1. The molecule has 166 valence electrons. The van der Waals surface area contributed by atoms with Crippen molar-refractivity contribution in [3.05, 3.63) is 69.6 Å². The molecule has 0 aliphatic rings. The fraction of sp³-hybridized carbons (Fsp3) is 0.348. The zero-order chi connectivity index (χ0) is 22.7. The molecule has 0 atom stereocenters. The Hall–Kier alpha value is -3.26. The molecule has 0 unspecified atom stereocenters. The molecule has 3 heterocycles. The van der Waals surface area contributed by atoms with Gasteiger partial charge in [0.15, 0.2) is 5.82 Å². The molecule has 32 heavy (non-hydrogen) atoms. The number of imidazole rings is 1. The zero-order valence-electron chi connectivity index (χ0n) is 18.4. The maximum absolute atomic E-state index is 13.1. The Bertz CT molecular complexity index is 1240.